The van der Waals surface area contributed by atoms with Crippen LogP contribution in [0.15, 0.2) is 51.7 Å². The molecule has 0 bridgehead atoms. The quantitative estimate of drug-likeness (QED) is 0.475. The first-order valence-electron chi connectivity index (χ1n) is 9.36. The molecule has 3 aromatic rings. The summed E-state index contributed by atoms with van der Waals surface area (Å²) in [6.45, 7) is 5.57. The number of rotatable bonds is 5. The van der Waals surface area contributed by atoms with E-state index in [9.17, 15) is 9.59 Å². The second kappa shape index (κ2) is 8.36. The van der Waals surface area contributed by atoms with E-state index in [2.05, 4.69) is 22.0 Å². The van der Waals surface area contributed by atoms with Gasteiger partial charge < -0.3 is 9.80 Å². The summed E-state index contributed by atoms with van der Waals surface area (Å²) in [6.07, 6.45) is 0. The lowest BCUT2D eigenvalue weighted by atomic mass is 10.2. The first kappa shape index (κ1) is 19.0. The number of amides is 1. The number of fused-ring (bicyclic) bond motifs is 1. The zero-order valence-electron chi connectivity index (χ0n) is 15.7. The zero-order valence-corrected chi connectivity index (χ0v) is 17.3. The number of aromatic nitrogens is 2. The first-order chi connectivity index (χ1) is 13.7. The van der Waals surface area contributed by atoms with E-state index in [0.29, 0.717) is 40.8 Å². The van der Waals surface area contributed by atoms with Gasteiger partial charge in [0.2, 0.25) is 5.91 Å². The van der Waals surface area contributed by atoms with Crippen molar-refractivity contribution < 1.29 is 4.79 Å². The van der Waals surface area contributed by atoms with Gasteiger partial charge in [0.25, 0.3) is 5.56 Å². The van der Waals surface area contributed by atoms with Gasteiger partial charge in [-0.15, -0.1) is 11.3 Å². The van der Waals surface area contributed by atoms with Crippen LogP contribution in [0.5, 0.6) is 0 Å². The van der Waals surface area contributed by atoms with Gasteiger partial charge in [-0.05, 0) is 30.5 Å². The number of nitrogens with zero attached hydrogens (tertiary/aromatic N) is 4. The molecule has 1 fully saturated rings. The molecule has 0 unspecified atom stereocenters. The smallest absolute Gasteiger partial charge is 0.272 e. The van der Waals surface area contributed by atoms with Crippen molar-refractivity contribution in [1.82, 2.24) is 14.5 Å². The fraction of sp³-hybridized carbons (Fsp3) is 0.350. The molecule has 1 aliphatic rings. The van der Waals surface area contributed by atoms with E-state index >= 15 is 0 Å². The number of hydrogen-bond acceptors (Lipinski definition) is 6. The van der Waals surface area contributed by atoms with Crippen LogP contribution < -0.4 is 10.5 Å². The molecule has 2 aromatic heterocycles. The summed E-state index contributed by atoms with van der Waals surface area (Å²) >= 11 is 2.77. The summed E-state index contributed by atoms with van der Waals surface area (Å²) in [5.74, 6) is 0.396. The van der Waals surface area contributed by atoms with Gasteiger partial charge in [0.1, 0.15) is 4.70 Å². The van der Waals surface area contributed by atoms with Crippen molar-refractivity contribution in [2.75, 3.05) is 36.8 Å². The van der Waals surface area contributed by atoms with Crippen LogP contribution in [0.2, 0.25) is 0 Å². The predicted molar refractivity (Wildman–Crippen MR) is 116 cm³/mol. The van der Waals surface area contributed by atoms with Crippen molar-refractivity contribution in [3.8, 4) is 0 Å². The van der Waals surface area contributed by atoms with Gasteiger partial charge in [-0.3, -0.25) is 14.2 Å². The highest BCUT2D eigenvalue weighted by Crippen LogP contribution is 2.22. The lowest BCUT2D eigenvalue weighted by Crippen LogP contribution is -2.49. The Kier molecular flexibility index (Phi) is 5.68. The van der Waals surface area contributed by atoms with E-state index in [1.165, 1.54) is 28.8 Å². The number of anilines is 1. The number of hydrogen-bond donors (Lipinski definition) is 0. The molecule has 1 amide bonds. The Bertz CT molecular complexity index is 1020. The number of benzene rings is 1. The molecule has 0 saturated carbocycles. The maximum atomic E-state index is 12.7. The number of piperazine rings is 1. The highest BCUT2D eigenvalue weighted by molar-refractivity contribution is 7.99. The van der Waals surface area contributed by atoms with Crippen LogP contribution >= 0.6 is 23.1 Å². The van der Waals surface area contributed by atoms with Crippen LogP contribution in [0.4, 0.5) is 5.69 Å². The standard InChI is InChI=1S/C20H22N4O2S2/c1-2-24-19(26)18-16(8-13-27-18)21-20(24)28-14-17(25)23-11-9-22(10-12-23)15-6-4-3-5-7-15/h3-8,13H,2,9-12,14H2,1H3. The Hall–Kier alpha value is -2.32. The molecule has 6 nitrogen and oxygen atoms in total. The van der Waals surface area contributed by atoms with E-state index in [4.69, 9.17) is 0 Å². The summed E-state index contributed by atoms with van der Waals surface area (Å²) in [5, 5.41) is 2.50. The van der Waals surface area contributed by atoms with E-state index in [0.717, 1.165) is 13.1 Å². The minimum absolute atomic E-state index is 0.0195. The Labute approximate surface area is 171 Å². The fourth-order valence-corrected chi connectivity index (χ4v) is 5.13. The molecule has 3 heterocycles. The van der Waals surface area contributed by atoms with Gasteiger partial charge >= 0.3 is 0 Å². The molecule has 1 aromatic carbocycles. The third kappa shape index (κ3) is 3.79. The van der Waals surface area contributed by atoms with Crippen LogP contribution in [0, 0.1) is 0 Å². The maximum Gasteiger partial charge on any atom is 0.272 e. The van der Waals surface area contributed by atoms with Crippen molar-refractivity contribution in [1.29, 1.82) is 0 Å². The van der Waals surface area contributed by atoms with Gasteiger partial charge in [-0.2, -0.15) is 0 Å². The van der Waals surface area contributed by atoms with Crippen molar-refractivity contribution in [2.45, 2.75) is 18.6 Å². The van der Waals surface area contributed by atoms with Crippen LogP contribution in [-0.2, 0) is 11.3 Å². The molecule has 0 atom stereocenters. The van der Waals surface area contributed by atoms with Crippen molar-refractivity contribution in [3.05, 3.63) is 52.1 Å². The summed E-state index contributed by atoms with van der Waals surface area (Å²) in [5.41, 5.74) is 1.89. The monoisotopic (exact) mass is 414 g/mol. The number of para-hydroxylation sites is 1. The van der Waals surface area contributed by atoms with Gasteiger partial charge in [-0.1, -0.05) is 30.0 Å². The normalized spacial score (nSPS) is 14.6. The highest BCUT2D eigenvalue weighted by Gasteiger charge is 2.22. The Morgan fingerprint density at radius 3 is 2.61 bits per heavy atom. The number of thiophene rings is 1. The van der Waals surface area contributed by atoms with Gasteiger partial charge in [0.15, 0.2) is 5.16 Å². The third-order valence-electron chi connectivity index (χ3n) is 4.93. The van der Waals surface area contributed by atoms with Crippen LogP contribution in [0.25, 0.3) is 10.2 Å². The van der Waals surface area contributed by atoms with E-state index in [-0.39, 0.29) is 11.5 Å². The molecular weight excluding hydrogens is 392 g/mol. The average Bonchev–Trinajstić information content (AvgIpc) is 3.22. The van der Waals surface area contributed by atoms with Gasteiger partial charge in [0.05, 0.1) is 11.3 Å². The summed E-state index contributed by atoms with van der Waals surface area (Å²) in [6, 6.07) is 12.1. The molecule has 0 N–H and O–H groups in total. The lowest BCUT2D eigenvalue weighted by Gasteiger charge is -2.36. The van der Waals surface area contributed by atoms with Crippen LogP contribution in [0.1, 0.15) is 6.92 Å². The number of carbonyl (C=O) groups is 1. The summed E-state index contributed by atoms with van der Waals surface area (Å²) < 4.78 is 2.33. The van der Waals surface area contributed by atoms with Crippen LogP contribution in [0.3, 0.4) is 0 Å². The van der Waals surface area contributed by atoms with Gasteiger partial charge in [0, 0.05) is 38.4 Å². The SMILES string of the molecule is CCn1c(SCC(=O)N2CCN(c3ccccc3)CC2)nc2ccsc2c1=O. The molecule has 1 aliphatic heterocycles. The second-order valence-corrected chi connectivity index (χ2v) is 8.43. The van der Waals surface area contributed by atoms with Crippen molar-refractivity contribution in [3.63, 3.8) is 0 Å². The Morgan fingerprint density at radius 1 is 1.14 bits per heavy atom. The Balaban J connectivity index is 1.39. The molecule has 0 spiro atoms. The second-order valence-electron chi connectivity index (χ2n) is 6.57. The summed E-state index contributed by atoms with van der Waals surface area (Å²) in [7, 11) is 0. The topological polar surface area (TPSA) is 58.4 Å². The molecule has 0 radical (unpaired) electrons. The van der Waals surface area contributed by atoms with Crippen LogP contribution in [-0.4, -0.2) is 52.3 Å². The molecule has 8 heteroatoms. The Morgan fingerprint density at radius 2 is 1.89 bits per heavy atom. The molecule has 146 valence electrons. The average molecular weight is 415 g/mol. The number of thioether (sulfide) groups is 1. The molecular formula is C20H22N4O2S2. The van der Waals surface area contributed by atoms with E-state index in [1.807, 2.05) is 41.5 Å². The predicted octanol–water partition coefficient (Wildman–Crippen LogP) is 2.92. The lowest BCUT2D eigenvalue weighted by molar-refractivity contribution is -0.128. The molecule has 0 aliphatic carbocycles. The maximum absolute atomic E-state index is 12.7. The van der Waals surface area contributed by atoms with Gasteiger partial charge in [-0.25, -0.2) is 4.98 Å². The largest absolute Gasteiger partial charge is 0.368 e. The first-order valence-corrected chi connectivity index (χ1v) is 11.2. The van der Waals surface area contributed by atoms with Crippen molar-refractivity contribution >= 4 is 44.9 Å². The molecule has 28 heavy (non-hydrogen) atoms. The van der Waals surface area contributed by atoms with E-state index < -0.39 is 0 Å². The minimum atomic E-state index is -0.0195. The number of carbonyl (C=O) groups excluding carboxylic acids is 1. The molecule has 4 rings (SSSR count). The molecule has 1 saturated heterocycles. The fourth-order valence-electron chi connectivity index (χ4n) is 3.38. The summed E-state index contributed by atoms with van der Waals surface area (Å²) in [4.78, 5) is 34.1. The highest BCUT2D eigenvalue weighted by atomic mass is 32.2. The third-order valence-corrected chi connectivity index (χ3v) is 6.78. The van der Waals surface area contributed by atoms with E-state index in [1.54, 1.807) is 4.57 Å². The minimum Gasteiger partial charge on any atom is -0.368 e. The van der Waals surface area contributed by atoms with Crippen molar-refractivity contribution in [2.24, 2.45) is 0 Å². The zero-order chi connectivity index (χ0) is 19.5.